The monoisotopic (exact) mass is 961 g/mol. The molecule has 3 saturated heterocycles. The summed E-state index contributed by atoms with van der Waals surface area (Å²) >= 11 is 0. The second-order valence-corrected chi connectivity index (χ2v) is 17.1. The second kappa shape index (κ2) is 20.0. The molecule has 0 spiro atoms. The van der Waals surface area contributed by atoms with Crippen molar-refractivity contribution in [1.29, 1.82) is 0 Å². The van der Waals surface area contributed by atoms with E-state index in [9.17, 15) is 62.2 Å². The Hall–Kier alpha value is -4.00. The number of methoxy groups -OCH3 is 3. The number of nitrogens with zero attached hydrogens (tertiary/aromatic N) is 3. The maximum absolute atomic E-state index is 13.6. The molecular formula is C30H40N6O24P3+. The minimum Gasteiger partial charge on any atom is -0.387 e. The number of nitrogens with one attached hydrogen (secondary N) is 3. The molecule has 3 aliphatic rings. The molecule has 6 rings (SSSR count). The summed E-state index contributed by atoms with van der Waals surface area (Å²) < 4.78 is 100. The number of aromatic nitrogens is 6. The highest BCUT2D eigenvalue weighted by atomic mass is 31.2. The van der Waals surface area contributed by atoms with Crippen molar-refractivity contribution in [3.8, 4) is 0 Å². The van der Waals surface area contributed by atoms with Gasteiger partial charge in [0.25, 0.3) is 16.7 Å². The average Bonchev–Trinajstić information content (AvgIpc) is 3.84. The molecule has 0 aromatic carbocycles. The number of rotatable bonds is 19. The summed E-state index contributed by atoms with van der Waals surface area (Å²) in [4.78, 5) is 110. The van der Waals surface area contributed by atoms with E-state index in [2.05, 4.69) is 0 Å². The van der Waals surface area contributed by atoms with E-state index in [4.69, 9.17) is 51.0 Å². The van der Waals surface area contributed by atoms with Crippen molar-refractivity contribution in [1.82, 2.24) is 28.7 Å². The fourth-order valence-corrected chi connectivity index (χ4v) is 9.14. The fraction of sp³-hybridized carbons (Fsp3) is 0.600. The van der Waals surface area contributed by atoms with Gasteiger partial charge in [0.15, 0.2) is 18.7 Å². The van der Waals surface area contributed by atoms with Crippen LogP contribution in [0, 0.1) is 0 Å². The van der Waals surface area contributed by atoms with Crippen LogP contribution in [0.1, 0.15) is 18.7 Å². The Morgan fingerprint density at radius 1 is 0.603 bits per heavy atom. The molecule has 15 atom stereocenters. The van der Waals surface area contributed by atoms with E-state index in [1.54, 1.807) is 0 Å². The normalized spacial score (nSPS) is 31.8. The van der Waals surface area contributed by atoms with E-state index in [-0.39, 0.29) is 0 Å². The highest BCUT2D eigenvalue weighted by Crippen LogP contribution is 2.52. The third-order valence-corrected chi connectivity index (χ3v) is 12.1. The van der Waals surface area contributed by atoms with E-state index in [0.29, 0.717) is 0 Å². The lowest BCUT2D eigenvalue weighted by atomic mass is 10.1. The Balaban J connectivity index is 1.22. The molecule has 7 N–H and O–H groups in total. The van der Waals surface area contributed by atoms with Gasteiger partial charge in [-0.2, -0.15) is 0 Å². The van der Waals surface area contributed by atoms with Gasteiger partial charge in [0.2, 0.25) is 0 Å². The quantitative estimate of drug-likeness (QED) is 0.0571. The van der Waals surface area contributed by atoms with Gasteiger partial charge < -0.3 is 43.3 Å². The van der Waals surface area contributed by atoms with E-state index in [0.717, 1.165) is 64.7 Å². The predicted molar refractivity (Wildman–Crippen MR) is 201 cm³/mol. The highest BCUT2D eigenvalue weighted by molar-refractivity contribution is 7.47. The first kappa shape index (κ1) is 48.5. The van der Waals surface area contributed by atoms with Crippen molar-refractivity contribution in [2.75, 3.05) is 41.2 Å². The number of hydrogen-bond donors (Lipinski definition) is 7. The van der Waals surface area contributed by atoms with Gasteiger partial charge in [-0.1, -0.05) is 0 Å². The van der Waals surface area contributed by atoms with Crippen molar-refractivity contribution < 1.29 is 84.5 Å². The minimum absolute atomic E-state index is 0.726. The number of hydrogen-bond acceptors (Lipinski definition) is 21. The molecule has 30 nitrogen and oxygen atoms in total. The maximum Gasteiger partial charge on any atom is 0.694 e. The SMILES string of the molecule is CO[C@@H]1[C@H](O)[C@@H](COP(=O)(O)O[C@H]2[C@@H](OC)[C@H](n3ccc(=O)[nH]c3=O)O[C@@H]2COP(=O)(O)O[C@H]2[C@@H](OC)[C@H](n3ccc(=O)[nH]c3=O)O[C@@H]2CO[P+](=O)O)O[C@H]1n1ccc(=O)[nH]c1=O. The van der Waals surface area contributed by atoms with Gasteiger partial charge in [0.1, 0.15) is 61.5 Å². The zero-order valence-electron chi connectivity index (χ0n) is 32.7. The molecule has 0 saturated carbocycles. The molecule has 0 radical (unpaired) electrons. The molecule has 3 aromatic heterocycles. The number of aromatic amines is 3. The predicted octanol–water partition coefficient (Wildman–Crippen LogP) is -3.59. The van der Waals surface area contributed by atoms with Crippen LogP contribution < -0.4 is 33.7 Å². The summed E-state index contributed by atoms with van der Waals surface area (Å²) in [7, 11) is -10.7. The first-order chi connectivity index (χ1) is 29.8. The molecule has 0 bridgehead atoms. The molecule has 3 aliphatic heterocycles. The van der Waals surface area contributed by atoms with Crippen LogP contribution in [0.25, 0.3) is 0 Å². The lowest BCUT2D eigenvalue weighted by Gasteiger charge is -2.27. The van der Waals surface area contributed by atoms with Crippen molar-refractivity contribution in [3.05, 3.63) is 99.3 Å². The minimum atomic E-state index is -5.41. The molecule has 348 valence electrons. The summed E-state index contributed by atoms with van der Waals surface area (Å²) in [6.07, 6.45) is -15.5. The van der Waals surface area contributed by atoms with Crippen LogP contribution in [0.4, 0.5) is 0 Å². The van der Waals surface area contributed by atoms with Crippen molar-refractivity contribution in [2.24, 2.45) is 0 Å². The Bertz CT molecular complexity index is 2580. The Kier molecular flexibility index (Phi) is 15.4. The number of ether oxygens (including phenoxy) is 6. The molecule has 63 heavy (non-hydrogen) atoms. The van der Waals surface area contributed by atoms with Crippen LogP contribution in [-0.2, 0) is 64.7 Å². The van der Waals surface area contributed by atoms with Gasteiger partial charge in [0.05, 0.1) is 13.2 Å². The van der Waals surface area contributed by atoms with Crippen molar-refractivity contribution in [3.63, 3.8) is 0 Å². The van der Waals surface area contributed by atoms with Crippen LogP contribution in [0.15, 0.2) is 65.6 Å². The standard InChI is InChI=1S/C30H39N6O24P3/c1-50-22-19(40)13(56-25(22)34-7-4-16(37)31-28(34)41)11-54-62(46,47)60-21-15(58-27(24(21)52-3)36-9-6-18(39)33-30(36)43)12-55-63(48,49)59-20-14(10-53-61(44)45)57-26(23(20)51-2)35-8-5-17(38)32-29(35)42/h4-9,13-15,19-27,40H,10-12H2,1-3H3,(H5-,31,32,33,37,38,39,41,42,43,44,45,46,47,48,49)/p+1/t13-,14-,15-,19-,20-,21-,22-,23-,24-,25-,26-,27-/m1/s1. The number of aliphatic hydroxyl groups excluding tert-OH is 1. The third kappa shape index (κ3) is 11.1. The van der Waals surface area contributed by atoms with Crippen molar-refractivity contribution >= 4 is 23.9 Å². The lowest BCUT2D eigenvalue weighted by Crippen LogP contribution is -2.40. The van der Waals surface area contributed by atoms with E-state index >= 15 is 0 Å². The van der Waals surface area contributed by atoms with E-state index in [1.165, 1.54) is 7.11 Å². The smallest absolute Gasteiger partial charge is 0.387 e. The van der Waals surface area contributed by atoms with Gasteiger partial charge in [-0.3, -0.25) is 61.1 Å². The molecule has 3 fully saturated rings. The molecule has 0 aliphatic carbocycles. The van der Waals surface area contributed by atoms with Crippen LogP contribution in [0.3, 0.4) is 0 Å². The molecule has 3 aromatic rings. The summed E-state index contributed by atoms with van der Waals surface area (Å²) in [6.45, 7) is -2.74. The van der Waals surface area contributed by atoms with Crippen LogP contribution >= 0.6 is 23.9 Å². The molecule has 6 heterocycles. The van der Waals surface area contributed by atoms with Gasteiger partial charge in [-0.25, -0.2) is 23.5 Å². The fourth-order valence-electron chi connectivity index (χ4n) is 6.95. The molecule has 33 heteroatoms. The Labute approximate surface area is 350 Å². The highest BCUT2D eigenvalue weighted by Gasteiger charge is 2.54. The van der Waals surface area contributed by atoms with Gasteiger partial charge in [-0.15, -0.1) is 9.42 Å². The lowest BCUT2D eigenvalue weighted by molar-refractivity contribution is -0.0672. The second-order valence-electron chi connectivity index (χ2n) is 13.5. The first-order valence-electron chi connectivity index (χ1n) is 18.0. The largest absolute Gasteiger partial charge is 0.694 e. The summed E-state index contributed by atoms with van der Waals surface area (Å²) in [5.74, 6) is 0. The number of phosphoric ester groups is 2. The first-order valence-corrected chi connectivity index (χ1v) is 22.2. The molecular weight excluding hydrogens is 921 g/mol. The van der Waals surface area contributed by atoms with Gasteiger partial charge in [0, 0.05) is 62.7 Å². The molecule has 0 amide bonds. The summed E-state index contributed by atoms with van der Waals surface area (Å²) in [5, 5.41) is 10.9. The number of aliphatic hydroxyl groups is 1. The van der Waals surface area contributed by atoms with E-state index in [1.807, 2.05) is 15.0 Å². The Morgan fingerprint density at radius 2 is 0.952 bits per heavy atom. The third-order valence-electron chi connectivity index (χ3n) is 9.74. The average molecular weight is 962 g/mol. The zero-order chi connectivity index (χ0) is 46.0. The summed E-state index contributed by atoms with van der Waals surface area (Å²) in [6, 6.07) is 2.89. The van der Waals surface area contributed by atoms with Crippen LogP contribution in [-0.4, -0.2) is 145 Å². The van der Waals surface area contributed by atoms with Gasteiger partial charge >= 0.3 is 41.0 Å². The number of H-pyrrole nitrogens is 3. The van der Waals surface area contributed by atoms with Crippen LogP contribution in [0.2, 0.25) is 0 Å². The van der Waals surface area contributed by atoms with E-state index < -0.39 is 151 Å². The number of phosphoric acid groups is 2. The van der Waals surface area contributed by atoms with Gasteiger partial charge in [-0.05, 0) is 0 Å². The Morgan fingerprint density at radius 3 is 1.32 bits per heavy atom. The molecule has 3 unspecified atom stereocenters. The summed E-state index contributed by atoms with van der Waals surface area (Å²) in [5.41, 5.74) is -5.28. The van der Waals surface area contributed by atoms with Crippen LogP contribution in [0.5, 0.6) is 0 Å². The zero-order valence-corrected chi connectivity index (χ0v) is 35.3. The maximum atomic E-state index is 13.6. The topological polar surface area (TPSA) is 398 Å². The van der Waals surface area contributed by atoms with Crippen molar-refractivity contribution in [2.45, 2.75) is 73.6 Å².